The fourth-order valence-electron chi connectivity index (χ4n) is 4.26. The summed E-state index contributed by atoms with van der Waals surface area (Å²) in [5.41, 5.74) is 6.01. The number of amides is 1. The van der Waals surface area contributed by atoms with Gasteiger partial charge in [0.25, 0.3) is 5.91 Å². The van der Waals surface area contributed by atoms with Gasteiger partial charge in [-0.05, 0) is 58.1 Å². The Morgan fingerprint density at radius 2 is 1.97 bits per heavy atom. The van der Waals surface area contributed by atoms with Crippen LogP contribution in [0.1, 0.15) is 79.7 Å². The normalized spacial score (nSPS) is 19.7. The van der Waals surface area contributed by atoms with Gasteiger partial charge in [-0.15, -0.1) is 0 Å². The van der Waals surface area contributed by atoms with E-state index in [9.17, 15) is 9.59 Å². The van der Waals surface area contributed by atoms with Crippen LogP contribution in [0, 0.1) is 6.92 Å². The van der Waals surface area contributed by atoms with Gasteiger partial charge in [0.2, 0.25) is 0 Å². The van der Waals surface area contributed by atoms with E-state index >= 15 is 0 Å². The van der Waals surface area contributed by atoms with Gasteiger partial charge < -0.3 is 5.32 Å². The zero-order chi connectivity index (χ0) is 20.3. The number of allylic oxidation sites excluding steroid dienone is 3. The molecule has 2 fully saturated rings. The first-order valence-corrected chi connectivity index (χ1v) is 10.5. The lowest BCUT2D eigenvalue weighted by molar-refractivity contribution is -0.115. The fraction of sp³-hybridized carbons (Fsp3) is 0.478. The number of rotatable bonds is 5. The number of aryl methyl sites for hydroxylation is 1. The Labute approximate surface area is 170 Å². The number of hydrogen-bond donors (Lipinski definition) is 1. The highest BCUT2D eigenvalue weighted by Gasteiger charge is 2.32. The van der Waals surface area contributed by atoms with Crippen LogP contribution in [-0.4, -0.2) is 33.0 Å². The predicted molar refractivity (Wildman–Crippen MR) is 111 cm³/mol. The van der Waals surface area contributed by atoms with Gasteiger partial charge in [0.05, 0.1) is 22.7 Å². The van der Waals surface area contributed by atoms with E-state index in [1.807, 2.05) is 37.6 Å². The zero-order valence-electron chi connectivity index (χ0n) is 17.2. The number of Topliss-reactive ketones (excluding diaryl/α,β-unsaturated/α-hetero) is 1. The molecule has 0 spiro atoms. The van der Waals surface area contributed by atoms with Gasteiger partial charge in [0.15, 0.2) is 11.4 Å². The van der Waals surface area contributed by atoms with Gasteiger partial charge in [-0.25, -0.2) is 9.67 Å². The lowest BCUT2D eigenvalue weighted by Gasteiger charge is -2.16. The molecule has 0 saturated heterocycles. The number of fused-ring (bicyclic) bond motifs is 1. The number of nitrogens with one attached hydrogen (secondary N) is 1. The molecule has 2 saturated carbocycles. The van der Waals surface area contributed by atoms with E-state index in [-0.39, 0.29) is 18.2 Å². The third kappa shape index (κ3) is 3.30. The molecular formula is C23H26N4O2. The second-order valence-electron chi connectivity index (χ2n) is 8.76. The summed E-state index contributed by atoms with van der Waals surface area (Å²) in [5.74, 6) is 0.392. The first kappa shape index (κ1) is 18.3. The highest BCUT2D eigenvalue weighted by atomic mass is 16.2. The highest BCUT2D eigenvalue weighted by Crippen LogP contribution is 2.42. The van der Waals surface area contributed by atoms with Crippen LogP contribution in [-0.2, 0) is 4.79 Å². The Morgan fingerprint density at radius 1 is 1.21 bits per heavy atom. The molecule has 29 heavy (non-hydrogen) atoms. The highest BCUT2D eigenvalue weighted by molar-refractivity contribution is 6.07. The van der Waals surface area contributed by atoms with Crippen molar-refractivity contribution in [1.82, 2.24) is 20.1 Å². The molecule has 0 aliphatic heterocycles. The molecule has 0 radical (unpaired) electrons. The first-order chi connectivity index (χ1) is 13.9. The maximum atomic E-state index is 13.2. The van der Waals surface area contributed by atoms with Crippen molar-refractivity contribution >= 4 is 22.7 Å². The Morgan fingerprint density at radius 3 is 2.62 bits per heavy atom. The quantitative estimate of drug-likeness (QED) is 0.839. The lowest BCUT2D eigenvalue weighted by atomic mass is 9.92. The third-order valence-electron chi connectivity index (χ3n) is 6.13. The van der Waals surface area contributed by atoms with E-state index in [4.69, 9.17) is 10.1 Å². The molecule has 1 amide bonds. The van der Waals surface area contributed by atoms with Gasteiger partial charge in [0, 0.05) is 30.2 Å². The molecule has 2 aromatic heterocycles. The summed E-state index contributed by atoms with van der Waals surface area (Å²) < 4.78 is 2.01. The van der Waals surface area contributed by atoms with Crippen LogP contribution in [0.4, 0.5) is 0 Å². The minimum Gasteiger partial charge on any atom is -0.348 e. The summed E-state index contributed by atoms with van der Waals surface area (Å²) in [6, 6.07) is 2.35. The largest absolute Gasteiger partial charge is 0.348 e. The topological polar surface area (TPSA) is 76.9 Å². The molecule has 0 bridgehead atoms. The summed E-state index contributed by atoms with van der Waals surface area (Å²) in [5, 5.41) is 8.54. The molecule has 3 aliphatic rings. The van der Waals surface area contributed by atoms with E-state index in [0.717, 1.165) is 59.3 Å². The summed E-state index contributed by atoms with van der Waals surface area (Å²) in [4.78, 5) is 30.5. The standard InChI is InChI=1S/C23H26N4O2/c1-12-8-13(2)18(20(28)9-12)11-24-23(29)17-10-19(15-4-5-15)25-22-21(17)14(3)26-27(22)16-6-7-16/h8,10,15-16H,4-7,9,11H2,1-3H3,(H,24,29). The maximum Gasteiger partial charge on any atom is 0.252 e. The Kier molecular flexibility index (Phi) is 4.19. The van der Waals surface area contributed by atoms with Crippen LogP contribution in [0.5, 0.6) is 0 Å². The number of ketones is 1. The molecule has 0 unspecified atom stereocenters. The number of carbonyl (C=O) groups excluding carboxylic acids is 2. The SMILES string of the molecule is CC1=CC(C)=C(CNC(=O)c2cc(C3CC3)nc3c2c(C)nn3C2CC2)C(=O)C1. The van der Waals surface area contributed by atoms with Gasteiger partial charge in [-0.2, -0.15) is 5.10 Å². The molecule has 2 aromatic rings. The zero-order valence-corrected chi connectivity index (χ0v) is 17.2. The van der Waals surface area contributed by atoms with Crippen LogP contribution in [0.2, 0.25) is 0 Å². The Hall–Kier alpha value is -2.76. The lowest BCUT2D eigenvalue weighted by Crippen LogP contribution is -2.29. The van der Waals surface area contributed by atoms with E-state index in [0.29, 0.717) is 29.5 Å². The summed E-state index contributed by atoms with van der Waals surface area (Å²) in [6.45, 7) is 6.10. The van der Waals surface area contributed by atoms with Crippen molar-refractivity contribution in [2.75, 3.05) is 6.54 Å². The van der Waals surface area contributed by atoms with Crippen molar-refractivity contribution < 1.29 is 9.59 Å². The maximum absolute atomic E-state index is 13.2. The van der Waals surface area contributed by atoms with Crippen molar-refractivity contribution in [3.63, 3.8) is 0 Å². The summed E-state index contributed by atoms with van der Waals surface area (Å²) in [6.07, 6.45) is 6.96. The monoisotopic (exact) mass is 390 g/mol. The fourth-order valence-corrected chi connectivity index (χ4v) is 4.26. The van der Waals surface area contributed by atoms with Crippen LogP contribution >= 0.6 is 0 Å². The van der Waals surface area contributed by atoms with Crippen molar-refractivity contribution in [3.05, 3.63) is 45.8 Å². The molecule has 6 nitrogen and oxygen atoms in total. The number of nitrogens with zero attached hydrogens (tertiary/aromatic N) is 3. The summed E-state index contributed by atoms with van der Waals surface area (Å²) >= 11 is 0. The second-order valence-corrected chi connectivity index (χ2v) is 8.76. The van der Waals surface area contributed by atoms with Crippen LogP contribution in [0.25, 0.3) is 11.0 Å². The van der Waals surface area contributed by atoms with Crippen LogP contribution in [0.15, 0.2) is 28.9 Å². The smallest absolute Gasteiger partial charge is 0.252 e. The van der Waals surface area contributed by atoms with E-state index in [1.165, 1.54) is 0 Å². The van der Waals surface area contributed by atoms with Crippen molar-refractivity contribution in [2.45, 2.75) is 64.8 Å². The molecule has 2 heterocycles. The van der Waals surface area contributed by atoms with Crippen LogP contribution < -0.4 is 5.32 Å². The second kappa shape index (κ2) is 6.65. The molecule has 150 valence electrons. The van der Waals surface area contributed by atoms with Gasteiger partial charge in [-0.1, -0.05) is 11.6 Å². The summed E-state index contributed by atoms with van der Waals surface area (Å²) in [7, 11) is 0. The van der Waals surface area contributed by atoms with E-state index in [2.05, 4.69) is 5.32 Å². The molecule has 6 heteroatoms. The molecule has 5 rings (SSSR count). The molecular weight excluding hydrogens is 364 g/mol. The molecule has 3 aliphatic carbocycles. The number of pyridine rings is 1. The predicted octanol–water partition coefficient (Wildman–Crippen LogP) is 3.92. The Balaban J connectivity index is 1.50. The molecule has 0 aromatic carbocycles. The Bertz CT molecular complexity index is 1110. The molecule has 0 atom stereocenters. The van der Waals surface area contributed by atoms with Crippen molar-refractivity contribution in [3.8, 4) is 0 Å². The van der Waals surface area contributed by atoms with Crippen LogP contribution in [0.3, 0.4) is 0 Å². The van der Waals surface area contributed by atoms with Crippen molar-refractivity contribution in [1.29, 1.82) is 0 Å². The molecule has 1 N–H and O–H groups in total. The average Bonchev–Trinajstić information content (AvgIpc) is 3.58. The minimum absolute atomic E-state index is 0.0964. The third-order valence-corrected chi connectivity index (χ3v) is 6.13. The van der Waals surface area contributed by atoms with Crippen molar-refractivity contribution in [2.24, 2.45) is 0 Å². The van der Waals surface area contributed by atoms with Gasteiger partial charge in [0.1, 0.15) is 0 Å². The minimum atomic E-state index is -0.155. The van der Waals surface area contributed by atoms with Gasteiger partial charge in [-0.3, -0.25) is 9.59 Å². The number of carbonyl (C=O) groups is 2. The average molecular weight is 390 g/mol. The van der Waals surface area contributed by atoms with E-state index < -0.39 is 0 Å². The van der Waals surface area contributed by atoms with E-state index in [1.54, 1.807) is 0 Å². The van der Waals surface area contributed by atoms with Gasteiger partial charge >= 0.3 is 0 Å². The number of hydrogen-bond acceptors (Lipinski definition) is 4. The first-order valence-electron chi connectivity index (χ1n) is 10.5. The number of aromatic nitrogens is 3.